The Labute approximate surface area is 130 Å². The minimum absolute atomic E-state index is 0.297. The van der Waals surface area contributed by atoms with Gasteiger partial charge in [0, 0.05) is 0 Å². The Morgan fingerprint density at radius 1 is 1.10 bits per heavy atom. The molecule has 1 aliphatic carbocycles. The summed E-state index contributed by atoms with van der Waals surface area (Å²) < 4.78 is 6.42. The molecule has 0 radical (unpaired) electrons. The van der Waals surface area contributed by atoms with Gasteiger partial charge in [0.15, 0.2) is 0 Å². The Morgan fingerprint density at radius 3 is 2.29 bits per heavy atom. The average Bonchev–Trinajstić information content (AvgIpc) is 2.46. The Bertz CT molecular complexity index is 415. The SMILES string of the molecule is Cc1cccc(C)c1[C@@H](OCC[NH+](C)C)C1CCCCC1. The quantitative estimate of drug-likeness (QED) is 0.850. The fraction of sp³-hybridized carbons (Fsp3) is 0.684. The Balaban J connectivity index is 2.17. The lowest BCUT2D eigenvalue weighted by Gasteiger charge is -2.32. The number of nitrogens with one attached hydrogen (secondary N) is 1. The molecule has 0 heterocycles. The maximum absolute atomic E-state index is 6.42. The van der Waals surface area contributed by atoms with Crippen LogP contribution < -0.4 is 4.90 Å². The third-order valence-electron chi connectivity index (χ3n) is 4.80. The largest absolute Gasteiger partial charge is 0.367 e. The van der Waals surface area contributed by atoms with E-state index in [4.69, 9.17) is 4.74 Å². The zero-order valence-corrected chi connectivity index (χ0v) is 14.2. The highest BCUT2D eigenvalue weighted by atomic mass is 16.5. The third-order valence-corrected chi connectivity index (χ3v) is 4.80. The van der Waals surface area contributed by atoms with Crippen molar-refractivity contribution in [3.05, 3.63) is 34.9 Å². The van der Waals surface area contributed by atoms with Crippen LogP contribution in [-0.2, 0) is 4.74 Å². The van der Waals surface area contributed by atoms with Gasteiger partial charge >= 0.3 is 0 Å². The standard InChI is InChI=1S/C19H31NO/c1-15-9-8-10-16(2)18(15)19(21-14-13-20(3)4)17-11-6-5-7-12-17/h8-10,17,19H,5-7,11-14H2,1-4H3/p+1/t19-/m0/s1. The summed E-state index contributed by atoms with van der Waals surface area (Å²) in [6, 6.07) is 6.63. The van der Waals surface area contributed by atoms with Gasteiger partial charge in [-0.15, -0.1) is 0 Å². The maximum atomic E-state index is 6.42. The molecule has 2 rings (SSSR count). The molecular formula is C19H32NO+. The number of aryl methyl sites for hydroxylation is 2. The first kappa shape index (κ1) is 16.5. The van der Waals surface area contributed by atoms with Gasteiger partial charge in [-0.2, -0.15) is 0 Å². The smallest absolute Gasteiger partial charge is 0.100 e. The molecule has 1 saturated carbocycles. The van der Waals surface area contributed by atoms with Gasteiger partial charge < -0.3 is 9.64 Å². The number of ether oxygens (including phenoxy) is 1. The first-order valence-electron chi connectivity index (χ1n) is 8.56. The zero-order chi connectivity index (χ0) is 15.2. The molecule has 0 aliphatic heterocycles. The maximum Gasteiger partial charge on any atom is 0.100 e. The minimum Gasteiger partial charge on any atom is -0.367 e. The molecule has 0 bridgehead atoms. The fourth-order valence-corrected chi connectivity index (χ4v) is 3.56. The van der Waals surface area contributed by atoms with Crippen molar-refractivity contribution in [3.8, 4) is 0 Å². The van der Waals surface area contributed by atoms with Crippen LogP contribution in [0.2, 0.25) is 0 Å². The molecule has 0 unspecified atom stereocenters. The molecule has 1 aromatic carbocycles. The van der Waals surface area contributed by atoms with Crippen molar-refractivity contribution in [2.75, 3.05) is 27.2 Å². The summed E-state index contributed by atoms with van der Waals surface area (Å²) >= 11 is 0. The average molecular weight is 290 g/mol. The van der Waals surface area contributed by atoms with Crippen molar-refractivity contribution < 1.29 is 9.64 Å². The van der Waals surface area contributed by atoms with Gasteiger partial charge in [-0.25, -0.2) is 0 Å². The minimum atomic E-state index is 0.297. The van der Waals surface area contributed by atoms with E-state index in [-0.39, 0.29) is 0 Å². The number of hydrogen-bond acceptors (Lipinski definition) is 1. The highest BCUT2D eigenvalue weighted by Gasteiger charge is 2.28. The summed E-state index contributed by atoms with van der Waals surface area (Å²) in [4.78, 5) is 1.46. The second-order valence-corrected chi connectivity index (χ2v) is 6.95. The van der Waals surface area contributed by atoms with Crippen molar-refractivity contribution in [2.24, 2.45) is 5.92 Å². The number of hydrogen-bond donors (Lipinski definition) is 1. The van der Waals surface area contributed by atoms with Gasteiger partial charge in [-0.05, 0) is 49.3 Å². The molecule has 2 nitrogen and oxygen atoms in total. The van der Waals surface area contributed by atoms with Crippen molar-refractivity contribution in [2.45, 2.75) is 52.1 Å². The van der Waals surface area contributed by atoms with E-state index in [0.717, 1.165) is 13.2 Å². The molecule has 1 N–H and O–H groups in total. The highest BCUT2D eigenvalue weighted by molar-refractivity contribution is 5.35. The van der Waals surface area contributed by atoms with Gasteiger partial charge in [-0.1, -0.05) is 37.5 Å². The molecule has 0 amide bonds. The van der Waals surface area contributed by atoms with Crippen LogP contribution in [0.25, 0.3) is 0 Å². The van der Waals surface area contributed by atoms with E-state index < -0.39 is 0 Å². The lowest BCUT2D eigenvalue weighted by Crippen LogP contribution is -3.06. The molecule has 1 fully saturated rings. The molecule has 0 aromatic heterocycles. The van der Waals surface area contributed by atoms with Crippen molar-refractivity contribution in [1.82, 2.24) is 0 Å². The van der Waals surface area contributed by atoms with Crippen LogP contribution in [0.1, 0.15) is 54.9 Å². The summed E-state index contributed by atoms with van der Waals surface area (Å²) in [5, 5.41) is 0. The number of rotatable bonds is 6. The summed E-state index contributed by atoms with van der Waals surface area (Å²) in [6.45, 7) is 6.41. The summed E-state index contributed by atoms with van der Waals surface area (Å²) in [5.41, 5.74) is 4.24. The van der Waals surface area contributed by atoms with Crippen LogP contribution in [0.3, 0.4) is 0 Å². The molecule has 0 spiro atoms. The zero-order valence-electron chi connectivity index (χ0n) is 14.2. The predicted octanol–water partition coefficient (Wildman–Crippen LogP) is 3.09. The first-order chi connectivity index (χ1) is 10.1. The van der Waals surface area contributed by atoms with Crippen LogP contribution in [-0.4, -0.2) is 27.2 Å². The van der Waals surface area contributed by atoms with E-state index in [1.807, 2.05) is 0 Å². The first-order valence-corrected chi connectivity index (χ1v) is 8.56. The highest BCUT2D eigenvalue weighted by Crippen LogP contribution is 2.39. The summed E-state index contributed by atoms with van der Waals surface area (Å²) in [5.74, 6) is 0.704. The monoisotopic (exact) mass is 290 g/mol. The number of benzene rings is 1. The van der Waals surface area contributed by atoms with Gasteiger partial charge in [0.05, 0.1) is 26.8 Å². The van der Waals surface area contributed by atoms with Gasteiger partial charge in [0.1, 0.15) is 6.54 Å². The normalized spacial score (nSPS) is 18.1. The van der Waals surface area contributed by atoms with E-state index in [0.29, 0.717) is 12.0 Å². The molecular weight excluding hydrogens is 258 g/mol. The lowest BCUT2D eigenvalue weighted by atomic mass is 9.80. The molecule has 1 aromatic rings. The second kappa shape index (κ2) is 7.95. The third kappa shape index (κ3) is 4.55. The van der Waals surface area contributed by atoms with Crippen LogP contribution in [0, 0.1) is 19.8 Å². The topological polar surface area (TPSA) is 13.7 Å². The van der Waals surface area contributed by atoms with Gasteiger partial charge in [0.25, 0.3) is 0 Å². The van der Waals surface area contributed by atoms with Crippen molar-refractivity contribution in [3.63, 3.8) is 0 Å². The Hall–Kier alpha value is -0.860. The predicted molar refractivity (Wildman–Crippen MR) is 88.9 cm³/mol. The molecule has 1 aliphatic rings. The molecule has 118 valence electrons. The van der Waals surface area contributed by atoms with E-state index in [1.54, 1.807) is 0 Å². The number of likely N-dealkylation sites (N-methyl/N-ethyl adjacent to an activating group) is 1. The summed E-state index contributed by atoms with van der Waals surface area (Å²) in [6.07, 6.45) is 7.09. The lowest BCUT2D eigenvalue weighted by molar-refractivity contribution is -0.858. The van der Waals surface area contributed by atoms with Crippen molar-refractivity contribution >= 4 is 0 Å². The van der Waals surface area contributed by atoms with Crippen LogP contribution in [0.5, 0.6) is 0 Å². The molecule has 1 atom stereocenters. The van der Waals surface area contributed by atoms with Crippen LogP contribution in [0.15, 0.2) is 18.2 Å². The van der Waals surface area contributed by atoms with Crippen molar-refractivity contribution in [1.29, 1.82) is 0 Å². The van der Waals surface area contributed by atoms with Crippen LogP contribution >= 0.6 is 0 Å². The van der Waals surface area contributed by atoms with E-state index >= 15 is 0 Å². The Kier molecular flexibility index (Phi) is 6.25. The fourth-order valence-electron chi connectivity index (χ4n) is 3.56. The van der Waals surface area contributed by atoms with E-state index in [2.05, 4.69) is 46.1 Å². The van der Waals surface area contributed by atoms with Crippen LogP contribution in [0.4, 0.5) is 0 Å². The second-order valence-electron chi connectivity index (χ2n) is 6.95. The molecule has 21 heavy (non-hydrogen) atoms. The Morgan fingerprint density at radius 2 is 1.71 bits per heavy atom. The van der Waals surface area contributed by atoms with Gasteiger partial charge in [-0.3, -0.25) is 0 Å². The molecule has 0 saturated heterocycles. The van der Waals surface area contributed by atoms with Gasteiger partial charge in [0.2, 0.25) is 0 Å². The van der Waals surface area contributed by atoms with E-state index in [9.17, 15) is 0 Å². The number of quaternary nitrogens is 1. The van der Waals surface area contributed by atoms with E-state index in [1.165, 1.54) is 53.7 Å². The molecule has 2 heteroatoms. The summed E-state index contributed by atoms with van der Waals surface area (Å²) in [7, 11) is 4.38.